The van der Waals surface area contributed by atoms with E-state index in [9.17, 15) is 4.39 Å². The summed E-state index contributed by atoms with van der Waals surface area (Å²) in [6.45, 7) is 5.17. The Hall–Kier alpha value is 0.240. The summed E-state index contributed by atoms with van der Waals surface area (Å²) in [6.07, 6.45) is 4.45. The molecule has 0 N–H and O–H groups in total. The van der Waals surface area contributed by atoms with Gasteiger partial charge in [-0.15, -0.1) is 11.8 Å². The third-order valence-electron chi connectivity index (χ3n) is 2.51. The molecule has 1 saturated heterocycles. The first-order chi connectivity index (χ1) is 5.70. The van der Waals surface area contributed by atoms with Crippen LogP contribution in [0.1, 0.15) is 26.2 Å². The lowest BCUT2D eigenvalue weighted by Gasteiger charge is -2.35. The number of hydrogen-bond acceptors (Lipinski definition) is 2. The van der Waals surface area contributed by atoms with Crippen LogP contribution in [0.5, 0.6) is 0 Å². The molecule has 0 aromatic carbocycles. The Bertz CT molecular complexity index is 132. The van der Waals surface area contributed by atoms with E-state index in [1.165, 1.54) is 18.2 Å². The van der Waals surface area contributed by atoms with Crippen molar-refractivity contribution >= 4 is 11.8 Å². The van der Waals surface area contributed by atoms with Crippen LogP contribution in [0.15, 0.2) is 0 Å². The van der Waals surface area contributed by atoms with Crippen LogP contribution in [0, 0.1) is 0 Å². The Morgan fingerprint density at radius 3 is 2.42 bits per heavy atom. The number of thioether (sulfide) groups is 1. The molecule has 0 radical (unpaired) electrons. The van der Waals surface area contributed by atoms with Crippen LogP contribution in [0.4, 0.5) is 4.39 Å². The van der Waals surface area contributed by atoms with E-state index in [-0.39, 0.29) is 0 Å². The number of alkyl halides is 1. The van der Waals surface area contributed by atoms with Gasteiger partial charge in [0.25, 0.3) is 0 Å². The van der Waals surface area contributed by atoms with Crippen LogP contribution in [0.25, 0.3) is 0 Å². The van der Waals surface area contributed by atoms with Crippen molar-refractivity contribution in [2.75, 3.05) is 25.9 Å². The standard InChI is InChI=1S/C9H18FNS/c1-3-6-11-7-4-9(10,12-2)5-8-11/h3-8H2,1-2H3. The molecule has 72 valence electrons. The lowest BCUT2D eigenvalue weighted by molar-refractivity contribution is 0.129. The number of hydrogen-bond donors (Lipinski definition) is 0. The molecule has 0 aromatic heterocycles. The van der Waals surface area contributed by atoms with Gasteiger partial charge in [0.15, 0.2) is 5.00 Å². The first kappa shape index (κ1) is 10.3. The molecule has 0 spiro atoms. The first-order valence-corrected chi connectivity index (χ1v) is 5.89. The van der Waals surface area contributed by atoms with Crippen molar-refractivity contribution < 1.29 is 4.39 Å². The highest BCUT2D eigenvalue weighted by Gasteiger charge is 2.32. The largest absolute Gasteiger partial charge is 0.303 e. The minimum Gasteiger partial charge on any atom is -0.303 e. The lowest BCUT2D eigenvalue weighted by atomic mass is 10.1. The van der Waals surface area contributed by atoms with Gasteiger partial charge in [-0.2, -0.15) is 0 Å². The summed E-state index contributed by atoms with van der Waals surface area (Å²) in [5, 5.41) is -0.926. The van der Waals surface area contributed by atoms with Gasteiger partial charge in [-0.1, -0.05) is 6.92 Å². The van der Waals surface area contributed by atoms with Crippen LogP contribution >= 0.6 is 11.8 Å². The smallest absolute Gasteiger partial charge is 0.158 e. The van der Waals surface area contributed by atoms with Crippen molar-refractivity contribution in [3.63, 3.8) is 0 Å². The SMILES string of the molecule is CCCN1CCC(F)(SC)CC1. The average Bonchev–Trinajstić information content (AvgIpc) is 2.10. The predicted octanol–water partition coefficient (Wildman–Crippen LogP) is 2.52. The molecule has 0 atom stereocenters. The zero-order chi connectivity index (χ0) is 9.03. The fourth-order valence-corrected chi connectivity index (χ4v) is 2.22. The Kier molecular flexibility index (Phi) is 3.84. The second kappa shape index (κ2) is 4.47. The molecular formula is C9H18FNS. The molecule has 0 saturated carbocycles. The highest BCUT2D eigenvalue weighted by atomic mass is 32.2. The van der Waals surface area contributed by atoms with E-state index >= 15 is 0 Å². The van der Waals surface area contributed by atoms with Crippen molar-refractivity contribution in [3.05, 3.63) is 0 Å². The summed E-state index contributed by atoms with van der Waals surface area (Å²) in [6, 6.07) is 0. The topological polar surface area (TPSA) is 3.24 Å². The van der Waals surface area contributed by atoms with E-state index in [2.05, 4.69) is 11.8 Å². The highest BCUT2D eigenvalue weighted by Crippen LogP contribution is 2.35. The van der Waals surface area contributed by atoms with Crippen molar-refractivity contribution in [2.45, 2.75) is 31.2 Å². The van der Waals surface area contributed by atoms with Crippen molar-refractivity contribution in [3.8, 4) is 0 Å². The molecule has 1 fully saturated rings. The highest BCUT2D eigenvalue weighted by molar-refractivity contribution is 7.99. The molecule has 0 aliphatic carbocycles. The Morgan fingerprint density at radius 1 is 1.42 bits per heavy atom. The fourth-order valence-electron chi connectivity index (χ4n) is 1.63. The van der Waals surface area contributed by atoms with Gasteiger partial charge in [0.05, 0.1) is 0 Å². The molecular weight excluding hydrogens is 173 g/mol. The van der Waals surface area contributed by atoms with Gasteiger partial charge in [0.2, 0.25) is 0 Å². The summed E-state index contributed by atoms with van der Waals surface area (Å²) >= 11 is 1.37. The number of nitrogens with zero attached hydrogens (tertiary/aromatic N) is 1. The maximum absolute atomic E-state index is 13.7. The van der Waals surface area contributed by atoms with Gasteiger partial charge in [-0.05, 0) is 19.2 Å². The van der Waals surface area contributed by atoms with E-state index in [0.29, 0.717) is 12.8 Å². The van der Waals surface area contributed by atoms with Crippen LogP contribution < -0.4 is 0 Å². The number of rotatable bonds is 3. The van der Waals surface area contributed by atoms with Crippen LogP contribution in [0.2, 0.25) is 0 Å². The molecule has 12 heavy (non-hydrogen) atoms. The summed E-state index contributed by atoms with van der Waals surface area (Å²) in [5.74, 6) is 0. The maximum atomic E-state index is 13.7. The normalized spacial score (nSPS) is 24.2. The van der Waals surface area contributed by atoms with E-state index < -0.39 is 5.00 Å². The van der Waals surface area contributed by atoms with Gasteiger partial charge >= 0.3 is 0 Å². The second-order valence-corrected chi connectivity index (χ2v) is 4.57. The Balaban J connectivity index is 2.29. The Labute approximate surface area is 78.7 Å². The minimum atomic E-state index is -0.926. The zero-order valence-electron chi connectivity index (χ0n) is 7.98. The van der Waals surface area contributed by atoms with Crippen LogP contribution in [0.3, 0.4) is 0 Å². The quantitative estimate of drug-likeness (QED) is 0.674. The molecule has 1 heterocycles. The van der Waals surface area contributed by atoms with Gasteiger partial charge in [-0.3, -0.25) is 0 Å². The monoisotopic (exact) mass is 191 g/mol. The molecule has 1 aliphatic rings. The molecule has 0 aromatic rings. The summed E-state index contributed by atoms with van der Waals surface area (Å²) in [4.78, 5) is 2.36. The van der Waals surface area contributed by atoms with Gasteiger partial charge < -0.3 is 4.90 Å². The van der Waals surface area contributed by atoms with Crippen LogP contribution in [-0.4, -0.2) is 35.8 Å². The number of halogens is 1. The minimum absolute atomic E-state index is 0.703. The molecule has 0 amide bonds. The summed E-state index contributed by atoms with van der Waals surface area (Å²) in [7, 11) is 0. The predicted molar refractivity (Wildman–Crippen MR) is 53.3 cm³/mol. The number of likely N-dealkylation sites (tertiary alicyclic amines) is 1. The lowest BCUT2D eigenvalue weighted by Crippen LogP contribution is -2.40. The van der Waals surface area contributed by atoms with E-state index in [1.54, 1.807) is 0 Å². The molecule has 3 heteroatoms. The Morgan fingerprint density at radius 2 is 2.00 bits per heavy atom. The average molecular weight is 191 g/mol. The fraction of sp³-hybridized carbons (Fsp3) is 1.00. The summed E-state index contributed by atoms with van der Waals surface area (Å²) in [5.41, 5.74) is 0. The van der Waals surface area contributed by atoms with E-state index in [0.717, 1.165) is 19.6 Å². The first-order valence-electron chi connectivity index (χ1n) is 4.66. The third kappa shape index (κ3) is 2.63. The van der Waals surface area contributed by atoms with E-state index in [1.807, 2.05) is 6.26 Å². The van der Waals surface area contributed by atoms with Crippen molar-refractivity contribution in [1.29, 1.82) is 0 Å². The summed E-state index contributed by atoms with van der Waals surface area (Å²) < 4.78 is 13.7. The van der Waals surface area contributed by atoms with Crippen LogP contribution in [-0.2, 0) is 0 Å². The third-order valence-corrected chi connectivity index (χ3v) is 3.65. The van der Waals surface area contributed by atoms with Gasteiger partial charge in [0.1, 0.15) is 0 Å². The van der Waals surface area contributed by atoms with Crippen molar-refractivity contribution in [1.82, 2.24) is 4.90 Å². The second-order valence-electron chi connectivity index (χ2n) is 3.43. The number of piperidine rings is 1. The molecule has 0 bridgehead atoms. The zero-order valence-corrected chi connectivity index (χ0v) is 8.79. The maximum Gasteiger partial charge on any atom is 0.158 e. The van der Waals surface area contributed by atoms with Crippen molar-refractivity contribution in [2.24, 2.45) is 0 Å². The van der Waals surface area contributed by atoms with Gasteiger partial charge in [-0.25, -0.2) is 4.39 Å². The molecule has 1 aliphatic heterocycles. The van der Waals surface area contributed by atoms with E-state index in [4.69, 9.17) is 0 Å². The molecule has 0 unspecified atom stereocenters. The van der Waals surface area contributed by atoms with Gasteiger partial charge in [0, 0.05) is 25.9 Å². The molecule has 1 nitrogen and oxygen atoms in total. The molecule has 1 rings (SSSR count).